The SMILES string of the molecule is CCOc1cc(Br)c(C(NC)C2CCC2)cc1OCC. The molecule has 1 aliphatic carbocycles. The molecule has 0 amide bonds. The maximum absolute atomic E-state index is 5.74. The van der Waals surface area contributed by atoms with Crippen molar-refractivity contribution in [3.63, 3.8) is 0 Å². The molecule has 1 aromatic rings. The molecule has 0 bridgehead atoms. The fourth-order valence-corrected chi connectivity index (χ4v) is 3.31. The van der Waals surface area contributed by atoms with Crippen LogP contribution in [0.15, 0.2) is 16.6 Å². The highest BCUT2D eigenvalue weighted by Crippen LogP contribution is 2.43. The molecule has 4 heteroatoms. The molecule has 112 valence electrons. The van der Waals surface area contributed by atoms with Gasteiger partial charge in [-0.3, -0.25) is 0 Å². The topological polar surface area (TPSA) is 30.5 Å². The summed E-state index contributed by atoms with van der Waals surface area (Å²) >= 11 is 3.69. The van der Waals surface area contributed by atoms with Crippen molar-refractivity contribution in [1.82, 2.24) is 5.32 Å². The highest BCUT2D eigenvalue weighted by Gasteiger charge is 2.29. The van der Waals surface area contributed by atoms with Gasteiger partial charge in [-0.2, -0.15) is 0 Å². The van der Waals surface area contributed by atoms with Crippen LogP contribution in [0.25, 0.3) is 0 Å². The Morgan fingerprint density at radius 3 is 2.25 bits per heavy atom. The van der Waals surface area contributed by atoms with E-state index in [-0.39, 0.29) is 0 Å². The van der Waals surface area contributed by atoms with E-state index in [1.807, 2.05) is 27.0 Å². The lowest BCUT2D eigenvalue weighted by molar-refractivity contribution is 0.237. The summed E-state index contributed by atoms with van der Waals surface area (Å²) in [6.07, 6.45) is 3.94. The van der Waals surface area contributed by atoms with Crippen molar-refractivity contribution in [2.24, 2.45) is 5.92 Å². The second-order valence-electron chi connectivity index (χ2n) is 5.14. The molecule has 1 saturated carbocycles. The molecule has 20 heavy (non-hydrogen) atoms. The molecule has 1 atom stereocenters. The van der Waals surface area contributed by atoms with Gasteiger partial charge in [0, 0.05) is 10.5 Å². The van der Waals surface area contributed by atoms with E-state index >= 15 is 0 Å². The molecule has 2 rings (SSSR count). The first kappa shape index (κ1) is 15.6. The van der Waals surface area contributed by atoms with Crippen LogP contribution in [-0.4, -0.2) is 20.3 Å². The molecule has 0 aromatic heterocycles. The fourth-order valence-electron chi connectivity index (χ4n) is 2.74. The zero-order valence-corrected chi connectivity index (χ0v) is 14.1. The standard InChI is InChI=1S/C16H24BrNO2/c1-4-19-14-9-12(13(17)10-15(14)20-5-2)16(18-3)11-7-6-8-11/h9-11,16,18H,4-8H2,1-3H3. The highest BCUT2D eigenvalue weighted by molar-refractivity contribution is 9.10. The van der Waals surface area contributed by atoms with Gasteiger partial charge in [-0.15, -0.1) is 0 Å². The van der Waals surface area contributed by atoms with Crippen LogP contribution in [0.1, 0.15) is 44.7 Å². The third kappa shape index (κ3) is 3.29. The Morgan fingerprint density at radius 2 is 1.80 bits per heavy atom. The van der Waals surface area contributed by atoms with Gasteiger partial charge in [0.2, 0.25) is 0 Å². The summed E-state index contributed by atoms with van der Waals surface area (Å²) in [4.78, 5) is 0. The lowest BCUT2D eigenvalue weighted by Gasteiger charge is -2.34. The molecule has 0 aliphatic heterocycles. The average molecular weight is 342 g/mol. The molecule has 1 aliphatic rings. The van der Waals surface area contributed by atoms with Crippen molar-refractivity contribution >= 4 is 15.9 Å². The van der Waals surface area contributed by atoms with E-state index in [0.717, 1.165) is 21.9 Å². The average Bonchev–Trinajstić information content (AvgIpc) is 2.37. The second kappa shape index (κ2) is 7.32. The third-order valence-electron chi connectivity index (χ3n) is 3.93. The predicted molar refractivity (Wildman–Crippen MR) is 85.6 cm³/mol. The number of hydrogen-bond donors (Lipinski definition) is 1. The van der Waals surface area contributed by atoms with Gasteiger partial charge in [-0.25, -0.2) is 0 Å². The minimum absolute atomic E-state index is 0.382. The Bertz CT molecular complexity index is 446. The van der Waals surface area contributed by atoms with Crippen molar-refractivity contribution < 1.29 is 9.47 Å². The van der Waals surface area contributed by atoms with Crippen LogP contribution in [0, 0.1) is 5.92 Å². The summed E-state index contributed by atoms with van der Waals surface area (Å²) < 4.78 is 12.5. The Morgan fingerprint density at radius 1 is 1.20 bits per heavy atom. The van der Waals surface area contributed by atoms with Crippen molar-refractivity contribution in [3.05, 3.63) is 22.2 Å². The van der Waals surface area contributed by atoms with E-state index in [9.17, 15) is 0 Å². The number of benzene rings is 1. The van der Waals surface area contributed by atoms with Crippen molar-refractivity contribution in [3.8, 4) is 11.5 Å². The number of ether oxygens (including phenoxy) is 2. The van der Waals surface area contributed by atoms with Gasteiger partial charge in [0.25, 0.3) is 0 Å². The van der Waals surface area contributed by atoms with E-state index in [1.165, 1.54) is 24.8 Å². The Hall–Kier alpha value is -0.740. The Kier molecular flexibility index (Phi) is 5.73. The van der Waals surface area contributed by atoms with Crippen LogP contribution in [-0.2, 0) is 0 Å². The van der Waals surface area contributed by atoms with E-state index in [4.69, 9.17) is 9.47 Å². The van der Waals surface area contributed by atoms with Crippen LogP contribution in [0.4, 0.5) is 0 Å². The first-order valence-corrected chi connectivity index (χ1v) is 8.26. The molecule has 0 heterocycles. The third-order valence-corrected chi connectivity index (χ3v) is 4.62. The molecular formula is C16H24BrNO2. The Balaban J connectivity index is 2.33. The Labute approximate surface area is 130 Å². The summed E-state index contributed by atoms with van der Waals surface area (Å²) in [6.45, 7) is 5.28. The van der Waals surface area contributed by atoms with Gasteiger partial charge in [0.05, 0.1) is 13.2 Å². The van der Waals surface area contributed by atoms with Crippen LogP contribution in [0.2, 0.25) is 0 Å². The fraction of sp³-hybridized carbons (Fsp3) is 0.625. The van der Waals surface area contributed by atoms with Crippen LogP contribution in [0.5, 0.6) is 11.5 Å². The van der Waals surface area contributed by atoms with Gasteiger partial charge in [0.15, 0.2) is 11.5 Å². The first-order valence-electron chi connectivity index (χ1n) is 7.47. The summed E-state index contributed by atoms with van der Waals surface area (Å²) in [5.74, 6) is 2.38. The normalized spacial score (nSPS) is 16.6. The van der Waals surface area contributed by atoms with Gasteiger partial charge < -0.3 is 14.8 Å². The van der Waals surface area contributed by atoms with Crippen LogP contribution in [0.3, 0.4) is 0 Å². The predicted octanol–water partition coefficient (Wildman–Crippen LogP) is 4.31. The zero-order valence-electron chi connectivity index (χ0n) is 12.5. The van der Waals surface area contributed by atoms with Crippen LogP contribution >= 0.6 is 15.9 Å². The minimum atomic E-state index is 0.382. The first-order chi connectivity index (χ1) is 9.71. The highest BCUT2D eigenvalue weighted by atomic mass is 79.9. The van der Waals surface area contributed by atoms with Gasteiger partial charge in [0.1, 0.15) is 0 Å². The molecule has 1 fully saturated rings. The number of rotatable bonds is 7. The molecule has 3 nitrogen and oxygen atoms in total. The number of halogens is 1. The molecule has 0 saturated heterocycles. The minimum Gasteiger partial charge on any atom is -0.490 e. The van der Waals surface area contributed by atoms with E-state index in [1.54, 1.807) is 0 Å². The monoisotopic (exact) mass is 341 g/mol. The lowest BCUT2D eigenvalue weighted by atomic mass is 9.77. The van der Waals surface area contributed by atoms with Crippen molar-refractivity contribution in [2.45, 2.75) is 39.2 Å². The molecule has 1 unspecified atom stereocenters. The molecule has 1 N–H and O–H groups in total. The summed E-state index contributed by atoms with van der Waals surface area (Å²) in [5.41, 5.74) is 1.27. The number of hydrogen-bond acceptors (Lipinski definition) is 3. The smallest absolute Gasteiger partial charge is 0.162 e. The molecule has 0 radical (unpaired) electrons. The van der Waals surface area contributed by atoms with E-state index < -0.39 is 0 Å². The molecular weight excluding hydrogens is 318 g/mol. The number of nitrogens with one attached hydrogen (secondary N) is 1. The maximum atomic E-state index is 5.74. The quantitative estimate of drug-likeness (QED) is 0.801. The summed E-state index contributed by atoms with van der Waals surface area (Å²) in [6, 6.07) is 4.54. The van der Waals surface area contributed by atoms with E-state index in [0.29, 0.717) is 19.3 Å². The van der Waals surface area contributed by atoms with Crippen molar-refractivity contribution in [1.29, 1.82) is 0 Å². The zero-order chi connectivity index (χ0) is 14.5. The van der Waals surface area contributed by atoms with Crippen molar-refractivity contribution in [2.75, 3.05) is 20.3 Å². The maximum Gasteiger partial charge on any atom is 0.162 e. The van der Waals surface area contributed by atoms with Crippen LogP contribution < -0.4 is 14.8 Å². The second-order valence-corrected chi connectivity index (χ2v) is 6.00. The van der Waals surface area contributed by atoms with Gasteiger partial charge >= 0.3 is 0 Å². The molecule has 0 spiro atoms. The molecule has 1 aromatic carbocycles. The summed E-state index contributed by atoms with van der Waals surface area (Å²) in [7, 11) is 2.03. The summed E-state index contributed by atoms with van der Waals surface area (Å²) in [5, 5.41) is 3.46. The van der Waals surface area contributed by atoms with Gasteiger partial charge in [-0.05, 0) is 57.4 Å². The lowest BCUT2D eigenvalue weighted by Crippen LogP contribution is -2.30. The van der Waals surface area contributed by atoms with Gasteiger partial charge in [-0.1, -0.05) is 22.4 Å². The largest absolute Gasteiger partial charge is 0.490 e. The van der Waals surface area contributed by atoms with E-state index in [2.05, 4.69) is 27.3 Å².